The van der Waals surface area contributed by atoms with Gasteiger partial charge < -0.3 is 15.0 Å². The van der Waals surface area contributed by atoms with Crippen molar-refractivity contribution < 1.29 is 27.5 Å². The molecular formula is C30H24F4N4O2. The van der Waals surface area contributed by atoms with Gasteiger partial charge in [0.1, 0.15) is 11.5 Å². The lowest BCUT2D eigenvalue weighted by molar-refractivity contribution is -0.136. The van der Waals surface area contributed by atoms with Gasteiger partial charge in [-0.15, -0.1) is 0 Å². The van der Waals surface area contributed by atoms with Crippen LogP contribution in [0, 0.1) is 5.82 Å². The number of hydrogen-bond donors (Lipinski definition) is 2. The molecule has 2 N–H and O–H groups in total. The van der Waals surface area contributed by atoms with E-state index in [0.29, 0.717) is 5.56 Å². The van der Waals surface area contributed by atoms with Crippen LogP contribution in [-0.4, -0.2) is 32.6 Å². The number of benzene rings is 3. The van der Waals surface area contributed by atoms with Gasteiger partial charge in [-0.3, -0.25) is 4.79 Å². The second-order valence-electron chi connectivity index (χ2n) is 9.39. The third-order valence-electron chi connectivity index (χ3n) is 6.90. The van der Waals surface area contributed by atoms with Gasteiger partial charge in [-0.2, -0.15) is 13.2 Å². The van der Waals surface area contributed by atoms with Crippen LogP contribution in [0.1, 0.15) is 44.0 Å². The van der Waals surface area contributed by atoms with Crippen molar-refractivity contribution >= 4 is 16.8 Å². The van der Waals surface area contributed by atoms with Crippen LogP contribution in [0.15, 0.2) is 85.3 Å². The van der Waals surface area contributed by atoms with Crippen molar-refractivity contribution in [2.24, 2.45) is 7.05 Å². The van der Waals surface area contributed by atoms with E-state index >= 15 is 0 Å². The number of aromatic nitrogens is 3. The number of rotatable bonds is 6. The number of alkyl halides is 3. The summed E-state index contributed by atoms with van der Waals surface area (Å²) in [5.74, 6) is -1.29. The van der Waals surface area contributed by atoms with Gasteiger partial charge in [-0.25, -0.2) is 14.4 Å². The molecule has 0 spiro atoms. The third kappa shape index (κ3) is 4.71. The molecule has 0 radical (unpaired) electrons. The summed E-state index contributed by atoms with van der Waals surface area (Å²) in [7, 11) is 2.96. The monoisotopic (exact) mass is 548 g/mol. The first-order valence-electron chi connectivity index (χ1n) is 12.3. The van der Waals surface area contributed by atoms with Gasteiger partial charge in [0.2, 0.25) is 0 Å². The highest BCUT2D eigenvalue weighted by Gasteiger charge is 2.41. The summed E-state index contributed by atoms with van der Waals surface area (Å²) in [5, 5.41) is 14.3. The number of nitrogens with one attached hydrogen (secondary N) is 1. The first-order chi connectivity index (χ1) is 19.0. The van der Waals surface area contributed by atoms with E-state index in [0.717, 1.165) is 12.1 Å². The van der Waals surface area contributed by atoms with Crippen molar-refractivity contribution in [3.05, 3.63) is 130 Å². The number of pyridine rings is 1. The highest BCUT2D eigenvalue weighted by molar-refractivity contribution is 5.98. The predicted molar refractivity (Wildman–Crippen MR) is 141 cm³/mol. The average Bonchev–Trinajstić information content (AvgIpc) is 3.38. The van der Waals surface area contributed by atoms with Crippen molar-refractivity contribution in [3.8, 4) is 0 Å². The molecule has 0 bridgehead atoms. The number of nitrogens with zero attached hydrogens (tertiary/aromatic N) is 3. The number of carbonyl (C=O) groups is 1. The molecule has 2 aromatic heterocycles. The summed E-state index contributed by atoms with van der Waals surface area (Å²) < 4.78 is 60.0. The molecule has 0 fully saturated rings. The van der Waals surface area contributed by atoms with Gasteiger partial charge in [0.15, 0.2) is 5.60 Å². The summed E-state index contributed by atoms with van der Waals surface area (Å²) in [6.45, 7) is 0. The standard InChI is InChI=1S/C30H24F4N4O2/c1-35-28(39)27-23(14-18-6-4-3-5-7-18)26(30(32,33)34)22-15-20(10-13-24(22)37-27)29(40,25-16-36-17-38(25)2)19-8-11-21(31)12-9-19/h3-13,15-17,40H,14H2,1-2H3,(H,35,39). The summed E-state index contributed by atoms with van der Waals surface area (Å²) in [6.07, 6.45) is -2.23. The number of fused-ring (bicyclic) bond motifs is 1. The molecule has 0 saturated heterocycles. The molecule has 10 heteroatoms. The van der Waals surface area contributed by atoms with Crippen LogP contribution < -0.4 is 5.32 Å². The number of amides is 1. The van der Waals surface area contributed by atoms with Crippen molar-refractivity contribution in [2.75, 3.05) is 7.05 Å². The van der Waals surface area contributed by atoms with Crippen LogP contribution in [0.4, 0.5) is 17.6 Å². The lowest BCUT2D eigenvalue weighted by atomic mass is 9.82. The van der Waals surface area contributed by atoms with Crippen molar-refractivity contribution in [2.45, 2.75) is 18.2 Å². The first-order valence-corrected chi connectivity index (χ1v) is 12.3. The molecule has 0 aliphatic heterocycles. The van der Waals surface area contributed by atoms with E-state index in [1.807, 2.05) is 0 Å². The maximum Gasteiger partial charge on any atom is 0.417 e. The van der Waals surface area contributed by atoms with Crippen LogP contribution in [0.2, 0.25) is 0 Å². The zero-order chi connectivity index (χ0) is 28.7. The Hall–Kier alpha value is -4.57. The highest BCUT2D eigenvalue weighted by Crippen LogP contribution is 2.42. The fraction of sp³-hybridized carbons (Fsp3) is 0.167. The molecule has 0 aliphatic rings. The first kappa shape index (κ1) is 27.0. The predicted octanol–water partition coefficient (Wildman–Crippen LogP) is 5.36. The quantitative estimate of drug-likeness (QED) is 0.280. The maximum atomic E-state index is 14.9. The Morgan fingerprint density at radius 3 is 2.27 bits per heavy atom. The Balaban J connectivity index is 1.84. The molecule has 204 valence electrons. The Bertz CT molecular complexity index is 1700. The molecular weight excluding hydrogens is 524 g/mol. The van der Waals surface area contributed by atoms with Gasteiger partial charge in [0.05, 0.1) is 29.3 Å². The van der Waals surface area contributed by atoms with E-state index in [9.17, 15) is 27.5 Å². The molecule has 0 aliphatic carbocycles. The third-order valence-corrected chi connectivity index (χ3v) is 6.90. The minimum atomic E-state index is -4.87. The second kappa shape index (κ2) is 10.2. The summed E-state index contributed by atoms with van der Waals surface area (Å²) in [5.41, 5.74) is -2.57. The normalized spacial score (nSPS) is 13.3. The molecule has 0 saturated carbocycles. The topological polar surface area (TPSA) is 80.0 Å². The molecule has 5 aromatic rings. The number of aryl methyl sites for hydroxylation is 1. The zero-order valence-corrected chi connectivity index (χ0v) is 21.5. The Morgan fingerprint density at radius 2 is 1.68 bits per heavy atom. The second-order valence-corrected chi connectivity index (χ2v) is 9.39. The molecule has 40 heavy (non-hydrogen) atoms. The van der Waals surface area contributed by atoms with Crippen LogP contribution in [0.5, 0.6) is 0 Å². The molecule has 3 aromatic carbocycles. The van der Waals surface area contributed by atoms with Crippen LogP contribution in [0.3, 0.4) is 0 Å². The van der Waals surface area contributed by atoms with E-state index in [2.05, 4.69) is 15.3 Å². The summed E-state index contributed by atoms with van der Waals surface area (Å²) in [4.78, 5) is 21.2. The number of hydrogen-bond acceptors (Lipinski definition) is 4. The van der Waals surface area contributed by atoms with Gasteiger partial charge in [-0.1, -0.05) is 48.5 Å². The fourth-order valence-electron chi connectivity index (χ4n) is 4.99. The molecule has 1 atom stereocenters. The molecule has 2 heterocycles. The largest absolute Gasteiger partial charge is 0.417 e. The lowest BCUT2D eigenvalue weighted by Gasteiger charge is -2.30. The van der Waals surface area contributed by atoms with Crippen LogP contribution in [0.25, 0.3) is 10.9 Å². The molecule has 1 amide bonds. The minimum Gasteiger partial charge on any atom is -0.374 e. The maximum absolute atomic E-state index is 14.9. The van der Waals surface area contributed by atoms with Gasteiger partial charge in [0, 0.05) is 31.5 Å². The van der Waals surface area contributed by atoms with Crippen molar-refractivity contribution in [1.82, 2.24) is 19.9 Å². The summed E-state index contributed by atoms with van der Waals surface area (Å²) in [6, 6.07) is 17.5. The van der Waals surface area contributed by atoms with E-state index in [4.69, 9.17) is 0 Å². The van der Waals surface area contributed by atoms with Gasteiger partial charge >= 0.3 is 6.18 Å². The SMILES string of the molecule is CNC(=O)c1nc2ccc(C(O)(c3ccc(F)cc3)c3cncn3C)cc2c(C(F)(F)F)c1Cc1ccccc1. The minimum absolute atomic E-state index is 0.0713. The Morgan fingerprint density at radius 1 is 1.00 bits per heavy atom. The number of carbonyl (C=O) groups excluding carboxylic acids is 1. The van der Waals surface area contributed by atoms with E-state index < -0.39 is 29.1 Å². The average molecular weight is 549 g/mol. The van der Waals surface area contributed by atoms with Crippen molar-refractivity contribution in [1.29, 1.82) is 0 Å². The van der Waals surface area contributed by atoms with E-state index in [1.54, 1.807) is 37.4 Å². The molecule has 1 unspecified atom stereocenters. The van der Waals surface area contributed by atoms with E-state index in [1.165, 1.54) is 54.5 Å². The van der Waals surface area contributed by atoms with E-state index in [-0.39, 0.29) is 45.4 Å². The molecule has 5 rings (SSSR count). The highest BCUT2D eigenvalue weighted by atomic mass is 19.4. The molecule has 6 nitrogen and oxygen atoms in total. The Labute approximate surface area is 227 Å². The summed E-state index contributed by atoms with van der Waals surface area (Å²) >= 11 is 0. The van der Waals surface area contributed by atoms with Crippen LogP contribution in [-0.2, 0) is 25.2 Å². The number of aliphatic hydroxyl groups is 1. The smallest absolute Gasteiger partial charge is 0.374 e. The van der Waals surface area contributed by atoms with Crippen LogP contribution >= 0.6 is 0 Å². The fourth-order valence-corrected chi connectivity index (χ4v) is 4.99. The Kier molecular flexibility index (Phi) is 6.89. The van der Waals surface area contributed by atoms with Crippen molar-refractivity contribution in [3.63, 3.8) is 0 Å². The van der Waals surface area contributed by atoms with Gasteiger partial charge in [-0.05, 0) is 41.0 Å². The number of imidazole rings is 1. The number of halogens is 4. The zero-order valence-electron chi connectivity index (χ0n) is 21.5. The van der Waals surface area contributed by atoms with Gasteiger partial charge in [0.25, 0.3) is 5.91 Å². The lowest BCUT2D eigenvalue weighted by Crippen LogP contribution is -2.31.